The molecular weight excluding hydrogens is 362 g/mol. The lowest BCUT2D eigenvalue weighted by Gasteiger charge is -2.24. The molecule has 150 valence electrons. The number of benzene rings is 2. The average molecular weight is 389 g/mol. The van der Waals surface area contributed by atoms with Crippen molar-refractivity contribution in [2.75, 3.05) is 20.3 Å². The SMILES string of the molecule is C=CN1N=C(COc2ccccc2)N2CCCCC(Cc3ccccc3OC)=C12. The summed E-state index contributed by atoms with van der Waals surface area (Å²) in [6, 6.07) is 18.1. The van der Waals surface area contributed by atoms with Crippen molar-refractivity contribution in [3.05, 3.63) is 84.3 Å². The lowest BCUT2D eigenvalue weighted by Crippen LogP contribution is -2.32. The number of methoxy groups -OCH3 is 1. The number of allylic oxidation sites excluding steroid dienone is 1. The Kier molecular flexibility index (Phi) is 5.84. The summed E-state index contributed by atoms with van der Waals surface area (Å²) >= 11 is 0. The third-order valence-electron chi connectivity index (χ3n) is 5.31. The molecule has 5 heteroatoms. The zero-order chi connectivity index (χ0) is 20.1. The molecule has 0 bridgehead atoms. The third-order valence-corrected chi connectivity index (χ3v) is 5.31. The Morgan fingerprint density at radius 1 is 1.07 bits per heavy atom. The van der Waals surface area contributed by atoms with Crippen LogP contribution in [0.1, 0.15) is 24.8 Å². The summed E-state index contributed by atoms with van der Waals surface area (Å²) in [5.41, 5.74) is 2.54. The zero-order valence-electron chi connectivity index (χ0n) is 16.9. The molecule has 0 saturated carbocycles. The molecular formula is C24H27N3O2. The van der Waals surface area contributed by atoms with Crippen molar-refractivity contribution in [1.82, 2.24) is 9.91 Å². The fraction of sp³-hybridized carbons (Fsp3) is 0.292. The van der Waals surface area contributed by atoms with Crippen molar-refractivity contribution in [1.29, 1.82) is 0 Å². The van der Waals surface area contributed by atoms with E-state index in [9.17, 15) is 0 Å². The van der Waals surface area contributed by atoms with Gasteiger partial charge in [0.15, 0.2) is 5.84 Å². The topological polar surface area (TPSA) is 37.3 Å². The van der Waals surface area contributed by atoms with Crippen molar-refractivity contribution < 1.29 is 9.47 Å². The molecule has 0 saturated heterocycles. The largest absolute Gasteiger partial charge is 0.496 e. The Bertz CT molecular complexity index is 921. The molecule has 5 nitrogen and oxygen atoms in total. The van der Waals surface area contributed by atoms with Crippen molar-refractivity contribution in [3.63, 3.8) is 0 Å². The summed E-state index contributed by atoms with van der Waals surface area (Å²) in [6.07, 6.45) is 5.93. The maximum absolute atomic E-state index is 5.99. The Labute approximate surface area is 172 Å². The van der Waals surface area contributed by atoms with Gasteiger partial charge in [-0.3, -0.25) is 0 Å². The molecule has 0 unspecified atom stereocenters. The molecule has 0 spiro atoms. The first-order chi connectivity index (χ1) is 14.3. The normalized spacial score (nSPS) is 16.2. The van der Waals surface area contributed by atoms with Gasteiger partial charge in [0, 0.05) is 19.2 Å². The second-order valence-electron chi connectivity index (χ2n) is 7.17. The monoisotopic (exact) mass is 389 g/mol. The molecule has 2 aliphatic rings. The minimum Gasteiger partial charge on any atom is -0.496 e. The van der Waals surface area contributed by atoms with Gasteiger partial charge in [0.1, 0.15) is 23.9 Å². The van der Waals surface area contributed by atoms with Crippen molar-refractivity contribution in [3.8, 4) is 11.5 Å². The molecule has 0 aliphatic carbocycles. The van der Waals surface area contributed by atoms with Crippen LogP contribution in [0.4, 0.5) is 0 Å². The Hall–Kier alpha value is -3.21. The quantitative estimate of drug-likeness (QED) is 0.683. The van der Waals surface area contributed by atoms with Crippen molar-refractivity contribution in [2.24, 2.45) is 5.10 Å². The van der Waals surface area contributed by atoms with E-state index in [4.69, 9.17) is 14.6 Å². The van der Waals surface area contributed by atoms with Crippen LogP contribution in [0.5, 0.6) is 11.5 Å². The van der Waals surface area contributed by atoms with Crippen LogP contribution in [0, 0.1) is 0 Å². The van der Waals surface area contributed by atoms with Gasteiger partial charge >= 0.3 is 0 Å². The molecule has 0 radical (unpaired) electrons. The Balaban J connectivity index is 1.61. The lowest BCUT2D eigenvalue weighted by atomic mass is 10.00. The summed E-state index contributed by atoms with van der Waals surface area (Å²) in [5, 5.41) is 6.69. The molecule has 2 aromatic rings. The van der Waals surface area contributed by atoms with E-state index in [1.807, 2.05) is 47.5 Å². The van der Waals surface area contributed by atoms with E-state index >= 15 is 0 Å². The summed E-state index contributed by atoms with van der Waals surface area (Å²) < 4.78 is 11.6. The number of ether oxygens (including phenoxy) is 2. The maximum Gasteiger partial charge on any atom is 0.169 e. The van der Waals surface area contributed by atoms with E-state index in [1.54, 1.807) is 13.3 Å². The first-order valence-corrected chi connectivity index (χ1v) is 10.1. The van der Waals surface area contributed by atoms with Crippen LogP contribution in [0.15, 0.2) is 83.9 Å². The maximum atomic E-state index is 5.99. The first-order valence-electron chi connectivity index (χ1n) is 10.1. The standard InChI is InChI=1S/C24H27N3O2/c1-3-27-24-20(17-19-11-7-8-15-22(19)28-2)12-9-10-16-26(24)23(25-27)18-29-21-13-5-4-6-14-21/h3-8,11,13-15H,1,9-10,12,16-18H2,2H3. The fourth-order valence-electron chi connectivity index (χ4n) is 3.92. The van der Waals surface area contributed by atoms with Crippen LogP contribution in [0.25, 0.3) is 0 Å². The van der Waals surface area contributed by atoms with Gasteiger partial charge in [0.25, 0.3) is 0 Å². The summed E-state index contributed by atoms with van der Waals surface area (Å²) in [6.45, 7) is 5.35. The molecule has 0 amide bonds. The van der Waals surface area contributed by atoms with Crippen LogP contribution in [-0.2, 0) is 6.42 Å². The van der Waals surface area contributed by atoms with Gasteiger partial charge in [-0.25, -0.2) is 5.01 Å². The predicted octanol–water partition coefficient (Wildman–Crippen LogP) is 4.79. The summed E-state index contributed by atoms with van der Waals surface area (Å²) in [5.74, 6) is 3.81. The van der Waals surface area contributed by atoms with Gasteiger partial charge < -0.3 is 14.4 Å². The average Bonchev–Trinajstić information content (AvgIpc) is 2.99. The second kappa shape index (κ2) is 8.86. The molecule has 0 fully saturated rings. The molecule has 0 atom stereocenters. The lowest BCUT2D eigenvalue weighted by molar-refractivity contribution is 0.350. The molecule has 4 rings (SSSR count). The second-order valence-corrected chi connectivity index (χ2v) is 7.17. The molecule has 2 aromatic carbocycles. The molecule has 2 heterocycles. The zero-order valence-corrected chi connectivity index (χ0v) is 16.9. The number of hydrazone groups is 1. The van der Waals surface area contributed by atoms with Crippen molar-refractivity contribution in [2.45, 2.75) is 25.7 Å². The van der Waals surface area contributed by atoms with E-state index in [0.29, 0.717) is 6.61 Å². The Morgan fingerprint density at radius 3 is 2.66 bits per heavy atom. The van der Waals surface area contributed by atoms with Crippen LogP contribution < -0.4 is 9.47 Å². The van der Waals surface area contributed by atoms with Crippen LogP contribution >= 0.6 is 0 Å². The number of amidine groups is 1. The number of fused-ring (bicyclic) bond motifs is 1. The Morgan fingerprint density at radius 2 is 1.86 bits per heavy atom. The van der Waals surface area contributed by atoms with Crippen LogP contribution in [-0.4, -0.2) is 36.0 Å². The van der Waals surface area contributed by atoms with Gasteiger partial charge in [-0.15, -0.1) is 5.10 Å². The number of rotatable bonds is 7. The summed E-state index contributed by atoms with van der Waals surface area (Å²) in [4.78, 5) is 2.29. The third kappa shape index (κ3) is 4.14. The fourth-order valence-corrected chi connectivity index (χ4v) is 3.92. The number of para-hydroxylation sites is 2. The van der Waals surface area contributed by atoms with Gasteiger partial charge in [-0.1, -0.05) is 43.0 Å². The first kappa shape index (κ1) is 19.1. The van der Waals surface area contributed by atoms with Crippen molar-refractivity contribution >= 4 is 5.84 Å². The minimum atomic E-state index is 0.430. The number of nitrogens with zero attached hydrogens (tertiary/aromatic N) is 3. The van der Waals surface area contributed by atoms with Crippen LogP contribution in [0.2, 0.25) is 0 Å². The molecule has 2 aliphatic heterocycles. The van der Waals surface area contributed by atoms with E-state index in [-0.39, 0.29) is 0 Å². The highest BCUT2D eigenvalue weighted by molar-refractivity contribution is 5.87. The van der Waals surface area contributed by atoms with Gasteiger partial charge in [0.2, 0.25) is 0 Å². The van der Waals surface area contributed by atoms with E-state index in [2.05, 4.69) is 23.6 Å². The van der Waals surface area contributed by atoms with E-state index in [1.165, 1.54) is 11.1 Å². The molecule has 0 N–H and O–H groups in total. The van der Waals surface area contributed by atoms with E-state index in [0.717, 1.165) is 55.4 Å². The number of hydrogen-bond acceptors (Lipinski definition) is 5. The number of hydrogen-bond donors (Lipinski definition) is 0. The molecule has 0 aromatic heterocycles. The van der Waals surface area contributed by atoms with Gasteiger partial charge in [-0.05, 0) is 48.6 Å². The van der Waals surface area contributed by atoms with Gasteiger partial charge in [0.05, 0.1) is 7.11 Å². The highest BCUT2D eigenvalue weighted by atomic mass is 16.5. The smallest absolute Gasteiger partial charge is 0.169 e. The highest BCUT2D eigenvalue weighted by Crippen LogP contribution is 2.33. The van der Waals surface area contributed by atoms with Crippen LogP contribution in [0.3, 0.4) is 0 Å². The highest BCUT2D eigenvalue weighted by Gasteiger charge is 2.32. The predicted molar refractivity (Wildman–Crippen MR) is 116 cm³/mol. The molecule has 29 heavy (non-hydrogen) atoms. The van der Waals surface area contributed by atoms with Gasteiger partial charge in [-0.2, -0.15) is 0 Å². The minimum absolute atomic E-state index is 0.430. The summed E-state index contributed by atoms with van der Waals surface area (Å²) in [7, 11) is 1.73. The van der Waals surface area contributed by atoms with E-state index < -0.39 is 0 Å².